The largest absolute Gasteiger partial charge is 0.316 e. The highest BCUT2D eigenvalue weighted by molar-refractivity contribution is 7.10. The summed E-state index contributed by atoms with van der Waals surface area (Å²) in [5, 5.41) is 3.48. The molecule has 1 heterocycles. The number of anilines is 1. The molecule has 0 fully saturated rings. The van der Waals surface area contributed by atoms with E-state index in [1.54, 1.807) is 12.1 Å². The van der Waals surface area contributed by atoms with Crippen LogP contribution in [0.15, 0.2) is 30.3 Å². The maximum absolute atomic E-state index is 12.7. The molecule has 0 aliphatic carbocycles. The molecule has 0 atom stereocenters. The molecule has 5 heteroatoms. The number of halogens is 1. The highest BCUT2D eigenvalue weighted by Gasteiger charge is 2.06. The summed E-state index contributed by atoms with van der Waals surface area (Å²) in [6.45, 7) is 1.87. The van der Waals surface area contributed by atoms with Gasteiger partial charge in [0.25, 0.3) is 0 Å². The van der Waals surface area contributed by atoms with Crippen LogP contribution in [0.25, 0.3) is 0 Å². The Labute approximate surface area is 102 Å². The van der Waals surface area contributed by atoms with E-state index >= 15 is 0 Å². The van der Waals surface area contributed by atoms with Crippen molar-refractivity contribution in [1.29, 1.82) is 0 Å². The van der Waals surface area contributed by atoms with E-state index in [0.717, 1.165) is 16.3 Å². The number of nitrogens with one attached hydrogen (secondary N) is 1. The van der Waals surface area contributed by atoms with Gasteiger partial charge in [0.15, 0.2) is 0 Å². The fourth-order valence-electron chi connectivity index (χ4n) is 1.39. The second kappa shape index (κ2) is 5.05. The van der Waals surface area contributed by atoms with Crippen molar-refractivity contribution in [3.05, 3.63) is 47.4 Å². The van der Waals surface area contributed by atoms with E-state index in [2.05, 4.69) is 9.69 Å². The van der Waals surface area contributed by atoms with Gasteiger partial charge in [-0.15, -0.1) is 0 Å². The Morgan fingerprint density at radius 2 is 2.12 bits per heavy atom. The van der Waals surface area contributed by atoms with Gasteiger partial charge >= 0.3 is 0 Å². The molecule has 1 aromatic heterocycles. The van der Waals surface area contributed by atoms with Gasteiger partial charge in [0, 0.05) is 0 Å². The van der Waals surface area contributed by atoms with Crippen molar-refractivity contribution >= 4 is 22.4 Å². The first-order valence-corrected chi connectivity index (χ1v) is 5.88. The molecule has 1 amide bonds. The van der Waals surface area contributed by atoms with Gasteiger partial charge in [-0.25, -0.2) is 4.39 Å². The number of aromatic nitrogens is 1. The van der Waals surface area contributed by atoms with E-state index in [0.29, 0.717) is 0 Å². The highest BCUT2D eigenvalue weighted by atomic mass is 32.1. The summed E-state index contributed by atoms with van der Waals surface area (Å²) in [6, 6.07) is 7.71. The molecule has 1 aromatic carbocycles. The molecule has 0 radical (unpaired) electrons. The minimum atomic E-state index is -0.299. The molecule has 1 N–H and O–H groups in total. The molecule has 0 spiro atoms. The van der Waals surface area contributed by atoms with Crippen molar-refractivity contribution in [3.63, 3.8) is 0 Å². The lowest BCUT2D eigenvalue weighted by atomic mass is 10.1. The number of nitrogens with zero attached hydrogens (tertiary/aromatic N) is 1. The average Bonchev–Trinajstić information content (AvgIpc) is 2.67. The Morgan fingerprint density at radius 1 is 1.41 bits per heavy atom. The van der Waals surface area contributed by atoms with Gasteiger partial charge in [0.05, 0.1) is 12.1 Å². The first-order chi connectivity index (χ1) is 8.13. The molecular weight excluding hydrogens is 239 g/mol. The Hall–Kier alpha value is -1.75. The van der Waals surface area contributed by atoms with Crippen LogP contribution in [-0.4, -0.2) is 10.3 Å². The number of hydrogen-bond acceptors (Lipinski definition) is 3. The number of benzene rings is 1. The highest BCUT2D eigenvalue weighted by Crippen LogP contribution is 2.15. The zero-order valence-corrected chi connectivity index (χ0v) is 10.1. The van der Waals surface area contributed by atoms with Gasteiger partial charge in [0.1, 0.15) is 10.8 Å². The molecule has 17 heavy (non-hydrogen) atoms. The summed E-state index contributed by atoms with van der Waals surface area (Å²) in [7, 11) is 0. The average molecular weight is 250 g/mol. The smallest absolute Gasteiger partial charge is 0.229 e. The van der Waals surface area contributed by atoms with Crippen molar-refractivity contribution in [2.45, 2.75) is 13.3 Å². The summed E-state index contributed by atoms with van der Waals surface area (Å²) < 4.78 is 16.7. The van der Waals surface area contributed by atoms with Crippen molar-refractivity contribution in [1.82, 2.24) is 4.37 Å². The Kier molecular flexibility index (Phi) is 3.49. The normalized spacial score (nSPS) is 10.2. The van der Waals surface area contributed by atoms with E-state index in [-0.39, 0.29) is 18.1 Å². The van der Waals surface area contributed by atoms with Crippen LogP contribution in [0.4, 0.5) is 9.39 Å². The minimum absolute atomic E-state index is 0.125. The lowest BCUT2D eigenvalue weighted by molar-refractivity contribution is -0.115. The summed E-state index contributed by atoms with van der Waals surface area (Å²) in [5.74, 6) is -0.424. The maximum atomic E-state index is 12.7. The van der Waals surface area contributed by atoms with Crippen LogP contribution in [0.5, 0.6) is 0 Å². The lowest BCUT2D eigenvalue weighted by Gasteiger charge is -2.02. The van der Waals surface area contributed by atoms with Gasteiger partial charge in [0.2, 0.25) is 5.91 Å². The Morgan fingerprint density at radius 3 is 2.71 bits per heavy atom. The van der Waals surface area contributed by atoms with Gasteiger partial charge < -0.3 is 5.32 Å². The zero-order chi connectivity index (χ0) is 12.3. The van der Waals surface area contributed by atoms with Crippen LogP contribution in [0.1, 0.15) is 11.3 Å². The Bertz CT molecular complexity index is 522. The molecule has 88 valence electrons. The van der Waals surface area contributed by atoms with E-state index in [9.17, 15) is 9.18 Å². The van der Waals surface area contributed by atoms with E-state index in [1.165, 1.54) is 23.7 Å². The molecule has 2 aromatic rings. The van der Waals surface area contributed by atoms with Gasteiger partial charge in [-0.1, -0.05) is 12.1 Å². The molecular formula is C12H11FN2OS. The third-order valence-electron chi connectivity index (χ3n) is 2.17. The van der Waals surface area contributed by atoms with Crippen LogP contribution in [0.2, 0.25) is 0 Å². The molecule has 3 nitrogen and oxygen atoms in total. The second-order valence-electron chi connectivity index (χ2n) is 3.68. The number of hydrogen-bond donors (Lipinski definition) is 1. The quantitative estimate of drug-likeness (QED) is 0.910. The molecule has 0 saturated heterocycles. The third-order valence-corrected chi connectivity index (χ3v) is 2.96. The number of aryl methyl sites for hydroxylation is 1. The minimum Gasteiger partial charge on any atom is -0.316 e. The summed E-state index contributed by atoms with van der Waals surface area (Å²) in [6.07, 6.45) is 0.233. The standard InChI is InChI=1S/C12H11FN2OS/c1-8-6-12(17-15-8)14-11(16)7-9-2-4-10(13)5-3-9/h2-6H,7H2,1H3,(H,14,16). The first-order valence-electron chi connectivity index (χ1n) is 5.11. The second-order valence-corrected chi connectivity index (χ2v) is 4.49. The van der Waals surface area contributed by atoms with Crippen LogP contribution >= 0.6 is 11.5 Å². The van der Waals surface area contributed by atoms with Crippen molar-refractivity contribution < 1.29 is 9.18 Å². The third kappa shape index (κ3) is 3.35. The number of rotatable bonds is 3. The van der Waals surface area contributed by atoms with E-state index < -0.39 is 0 Å². The van der Waals surface area contributed by atoms with Crippen molar-refractivity contribution in [3.8, 4) is 0 Å². The first kappa shape index (κ1) is 11.7. The topological polar surface area (TPSA) is 42.0 Å². The van der Waals surface area contributed by atoms with Crippen molar-refractivity contribution in [2.75, 3.05) is 5.32 Å². The van der Waals surface area contributed by atoms with Crippen molar-refractivity contribution in [2.24, 2.45) is 0 Å². The number of amides is 1. The fourth-order valence-corrected chi connectivity index (χ4v) is 2.07. The van der Waals surface area contributed by atoms with Crippen LogP contribution in [0, 0.1) is 12.7 Å². The number of carbonyl (C=O) groups is 1. The molecule has 0 aliphatic heterocycles. The van der Waals surface area contributed by atoms with Crippen LogP contribution < -0.4 is 5.32 Å². The summed E-state index contributed by atoms with van der Waals surface area (Å²) >= 11 is 1.25. The summed E-state index contributed by atoms with van der Waals surface area (Å²) in [4.78, 5) is 11.7. The van der Waals surface area contributed by atoms with Crippen LogP contribution in [0.3, 0.4) is 0 Å². The van der Waals surface area contributed by atoms with E-state index in [4.69, 9.17) is 0 Å². The van der Waals surface area contributed by atoms with E-state index in [1.807, 2.05) is 13.0 Å². The molecule has 2 rings (SSSR count). The fraction of sp³-hybridized carbons (Fsp3) is 0.167. The maximum Gasteiger partial charge on any atom is 0.229 e. The molecule has 0 aliphatic rings. The van der Waals surface area contributed by atoms with Gasteiger partial charge in [-0.3, -0.25) is 4.79 Å². The molecule has 0 unspecified atom stereocenters. The predicted molar refractivity (Wildman–Crippen MR) is 65.6 cm³/mol. The Balaban J connectivity index is 1.95. The predicted octanol–water partition coefficient (Wildman–Crippen LogP) is 2.77. The molecule has 0 saturated carbocycles. The van der Waals surface area contributed by atoms with Crippen LogP contribution in [-0.2, 0) is 11.2 Å². The van der Waals surface area contributed by atoms with Gasteiger partial charge in [-0.2, -0.15) is 4.37 Å². The summed E-state index contributed by atoms with van der Waals surface area (Å²) in [5.41, 5.74) is 1.66. The number of carbonyl (C=O) groups excluding carboxylic acids is 1. The zero-order valence-electron chi connectivity index (χ0n) is 9.24. The molecule has 0 bridgehead atoms. The lowest BCUT2D eigenvalue weighted by Crippen LogP contribution is -2.13. The van der Waals surface area contributed by atoms with Gasteiger partial charge in [-0.05, 0) is 42.2 Å². The SMILES string of the molecule is Cc1cc(NC(=O)Cc2ccc(F)cc2)sn1. The monoisotopic (exact) mass is 250 g/mol.